The van der Waals surface area contributed by atoms with Gasteiger partial charge in [0.25, 0.3) is 16.0 Å². The van der Waals surface area contributed by atoms with Crippen LogP contribution in [0, 0.1) is 0 Å². The van der Waals surface area contributed by atoms with Crippen molar-refractivity contribution in [2.45, 2.75) is 12.5 Å². The number of likely N-dealkylation sites (N-methyl/N-ethyl adjacent to an activating group) is 1. The lowest BCUT2D eigenvalue weighted by molar-refractivity contribution is -0.135. The third-order valence-electron chi connectivity index (χ3n) is 2.10. The summed E-state index contributed by atoms with van der Waals surface area (Å²) in [4.78, 5) is 21.5. The van der Waals surface area contributed by atoms with Gasteiger partial charge in [-0.3, -0.25) is 24.3 Å². The largest absolute Gasteiger partial charge is 0.347 e. The summed E-state index contributed by atoms with van der Waals surface area (Å²) < 4.78 is 26.6. The molecule has 0 fully saturated rings. The summed E-state index contributed by atoms with van der Waals surface area (Å²) in [5.41, 5.74) is 2.51. The van der Waals surface area contributed by atoms with Gasteiger partial charge in [-0.05, 0) is 0 Å². The molecule has 18 heavy (non-hydrogen) atoms. The molecule has 9 heteroatoms. The highest BCUT2D eigenvalue weighted by Crippen LogP contribution is 2.10. The molecule has 0 saturated carbocycles. The van der Waals surface area contributed by atoms with Crippen LogP contribution in [0.25, 0.3) is 0 Å². The Morgan fingerprint density at radius 1 is 1.56 bits per heavy atom. The summed E-state index contributed by atoms with van der Waals surface area (Å²) in [5.74, 6) is 0.278. The number of amidine groups is 1. The zero-order chi connectivity index (χ0) is 13.8. The van der Waals surface area contributed by atoms with E-state index in [0.29, 0.717) is 12.3 Å². The molecule has 0 aromatic rings. The van der Waals surface area contributed by atoms with E-state index >= 15 is 0 Å². The van der Waals surface area contributed by atoms with Crippen LogP contribution in [0.2, 0.25) is 0 Å². The van der Waals surface area contributed by atoms with Crippen molar-refractivity contribution in [2.75, 3.05) is 33.5 Å². The molecule has 8 nitrogen and oxygen atoms in total. The van der Waals surface area contributed by atoms with E-state index in [1.165, 1.54) is 4.90 Å². The van der Waals surface area contributed by atoms with E-state index in [4.69, 9.17) is 9.02 Å². The Bertz CT molecular complexity index is 431. The number of carbonyl (C=O) groups excluding carboxylic acids is 1. The molecule has 1 aliphatic rings. The Kier molecular flexibility index (Phi) is 5.05. The quantitative estimate of drug-likeness (QED) is 0.498. The second-order valence-corrected chi connectivity index (χ2v) is 5.69. The molecule has 1 aliphatic heterocycles. The SMILES string of the molecule is CN(C)C(=O)CONC1=NCC(OS(C)(=O)=O)C1. The Labute approximate surface area is 106 Å². The number of hydrogen-bond donors (Lipinski definition) is 1. The Morgan fingerprint density at radius 3 is 2.78 bits per heavy atom. The molecule has 0 aromatic carbocycles. The highest BCUT2D eigenvalue weighted by molar-refractivity contribution is 7.86. The maximum atomic E-state index is 11.2. The molecular formula is C9H17N3O5S. The lowest BCUT2D eigenvalue weighted by atomic mass is 10.3. The van der Waals surface area contributed by atoms with E-state index in [-0.39, 0.29) is 19.1 Å². The molecule has 0 radical (unpaired) electrons. The topological polar surface area (TPSA) is 97.3 Å². The van der Waals surface area contributed by atoms with Gasteiger partial charge in [0.15, 0.2) is 6.61 Å². The average Bonchev–Trinajstić information content (AvgIpc) is 2.62. The number of nitrogens with one attached hydrogen (secondary N) is 1. The molecule has 1 unspecified atom stereocenters. The van der Waals surface area contributed by atoms with Crippen molar-refractivity contribution < 1.29 is 22.2 Å². The maximum Gasteiger partial charge on any atom is 0.264 e. The van der Waals surface area contributed by atoms with Crippen LogP contribution >= 0.6 is 0 Å². The fourth-order valence-corrected chi connectivity index (χ4v) is 1.88. The fraction of sp³-hybridized carbons (Fsp3) is 0.778. The van der Waals surface area contributed by atoms with Crippen molar-refractivity contribution in [3.05, 3.63) is 0 Å². The molecule has 0 aromatic heterocycles. The lowest BCUT2D eigenvalue weighted by Gasteiger charge is -2.11. The molecule has 1 N–H and O–H groups in total. The van der Waals surface area contributed by atoms with E-state index in [1.54, 1.807) is 14.1 Å². The van der Waals surface area contributed by atoms with Crippen molar-refractivity contribution in [3.63, 3.8) is 0 Å². The van der Waals surface area contributed by atoms with Crippen LogP contribution in [-0.2, 0) is 23.9 Å². The zero-order valence-electron chi connectivity index (χ0n) is 10.5. The second-order valence-electron chi connectivity index (χ2n) is 4.09. The normalized spacial score (nSPS) is 19.5. The molecule has 0 saturated heterocycles. The van der Waals surface area contributed by atoms with Crippen molar-refractivity contribution in [1.29, 1.82) is 0 Å². The number of nitrogens with zero attached hydrogens (tertiary/aromatic N) is 2. The first-order valence-corrected chi connectivity index (χ1v) is 7.09. The van der Waals surface area contributed by atoms with Gasteiger partial charge >= 0.3 is 0 Å². The van der Waals surface area contributed by atoms with Gasteiger partial charge < -0.3 is 4.90 Å². The van der Waals surface area contributed by atoms with Crippen molar-refractivity contribution in [1.82, 2.24) is 10.4 Å². The van der Waals surface area contributed by atoms with Gasteiger partial charge in [-0.15, -0.1) is 0 Å². The van der Waals surface area contributed by atoms with Gasteiger partial charge in [0, 0.05) is 20.5 Å². The smallest absolute Gasteiger partial charge is 0.264 e. The van der Waals surface area contributed by atoms with Crippen molar-refractivity contribution in [3.8, 4) is 0 Å². The monoisotopic (exact) mass is 279 g/mol. The lowest BCUT2D eigenvalue weighted by Crippen LogP contribution is -2.32. The average molecular weight is 279 g/mol. The maximum absolute atomic E-state index is 11.2. The summed E-state index contributed by atoms with van der Waals surface area (Å²) in [7, 11) is -0.239. The summed E-state index contributed by atoms with van der Waals surface area (Å²) in [5, 5.41) is 0. The van der Waals surface area contributed by atoms with Crippen LogP contribution in [0.4, 0.5) is 0 Å². The van der Waals surface area contributed by atoms with E-state index in [2.05, 4.69) is 10.5 Å². The molecule has 1 heterocycles. The van der Waals surface area contributed by atoms with Gasteiger partial charge in [-0.1, -0.05) is 0 Å². The first kappa shape index (κ1) is 14.9. The second kappa shape index (κ2) is 6.12. The first-order chi connectivity index (χ1) is 8.28. The van der Waals surface area contributed by atoms with E-state index in [1.807, 2.05) is 0 Å². The summed E-state index contributed by atoms with van der Waals surface area (Å²) in [6, 6.07) is 0. The number of amides is 1. The Morgan fingerprint density at radius 2 is 2.22 bits per heavy atom. The predicted molar refractivity (Wildman–Crippen MR) is 64.4 cm³/mol. The van der Waals surface area contributed by atoms with E-state index in [0.717, 1.165) is 6.26 Å². The van der Waals surface area contributed by atoms with Crippen LogP contribution in [0.3, 0.4) is 0 Å². The molecule has 0 bridgehead atoms. The number of carbonyl (C=O) groups is 1. The fourth-order valence-electron chi connectivity index (χ4n) is 1.25. The third kappa shape index (κ3) is 5.43. The van der Waals surface area contributed by atoms with Gasteiger partial charge in [-0.2, -0.15) is 8.42 Å². The van der Waals surface area contributed by atoms with Crippen LogP contribution in [0.5, 0.6) is 0 Å². The Hall–Kier alpha value is -1.19. The van der Waals surface area contributed by atoms with Crippen molar-refractivity contribution in [2.24, 2.45) is 4.99 Å². The number of hydrogen-bond acceptors (Lipinski definition) is 7. The summed E-state index contributed by atoms with van der Waals surface area (Å²) in [6.45, 7) is 0.129. The predicted octanol–water partition coefficient (Wildman–Crippen LogP) is -1.26. The summed E-state index contributed by atoms with van der Waals surface area (Å²) >= 11 is 0. The van der Waals surface area contributed by atoms with Gasteiger partial charge in [0.1, 0.15) is 11.9 Å². The third-order valence-corrected chi connectivity index (χ3v) is 2.72. The molecule has 0 spiro atoms. The molecule has 1 atom stereocenters. The highest BCUT2D eigenvalue weighted by atomic mass is 32.2. The number of rotatable bonds is 5. The minimum atomic E-state index is -3.48. The minimum absolute atomic E-state index is 0.121. The molecule has 1 rings (SSSR count). The molecule has 0 aliphatic carbocycles. The van der Waals surface area contributed by atoms with Crippen LogP contribution in [-0.4, -0.2) is 64.7 Å². The highest BCUT2D eigenvalue weighted by Gasteiger charge is 2.23. The van der Waals surface area contributed by atoms with E-state index < -0.39 is 16.2 Å². The standard InChI is InChI=1S/C9H17N3O5S/c1-12(2)9(13)6-16-11-8-4-7(5-10-8)17-18(3,14)15/h7H,4-6H2,1-3H3,(H,10,11). The van der Waals surface area contributed by atoms with Gasteiger partial charge in [-0.25, -0.2) is 0 Å². The molecule has 1 amide bonds. The molecule has 104 valence electrons. The van der Waals surface area contributed by atoms with Crippen molar-refractivity contribution >= 4 is 21.9 Å². The van der Waals surface area contributed by atoms with Crippen LogP contribution < -0.4 is 5.48 Å². The van der Waals surface area contributed by atoms with Crippen LogP contribution in [0.15, 0.2) is 4.99 Å². The summed E-state index contributed by atoms with van der Waals surface area (Å²) in [6.07, 6.45) is 0.795. The zero-order valence-corrected chi connectivity index (χ0v) is 11.4. The number of hydroxylamine groups is 1. The Balaban J connectivity index is 2.25. The van der Waals surface area contributed by atoms with E-state index in [9.17, 15) is 13.2 Å². The minimum Gasteiger partial charge on any atom is -0.347 e. The van der Waals surface area contributed by atoms with Gasteiger partial charge in [0.05, 0.1) is 12.8 Å². The first-order valence-electron chi connectivity index (χ1n) is 5.27. The molecular weight excluding hydrogens is 262 g/mol. The van der Waals surface area contributed by atoms with Crippen LogP contribution in [0.1, 0.15) is 6.42 Å². The van der Waals surface area contributed by atoms with Gasteiger partial charge in [0.2, 0.25) is 0 Å². The number of aliphatic imine (C=N–C) groups is 1.